The molecule has 0 unspecified atom stereocenters. The molecule has 2 aromatic rings. The Balaban J connectivity index is 2.92. The van der Waals surface area contributed by atoms with Gasteiger partial charge >= 0.3 is 5.97 Å². The molecule has 0 saturated heterocycles. The van der Waals surface area contributed by atoms with E-state index in [1.54, 1.807) is 6.92 Å². The summed E-state index contributed by atoms with van der Waals surface area (Å²) in [6.07, 6.45) is 0. The van der Waals surface area contributed by atoms with E-state index < -0.39 is 17.3 Å². The second-order valence-electron chi connectivity index (χ2n) is 4.48. The summed E-state index contributed by atoms with van der Waals surface area (Å²) in [6, 6.07) is 3.43. The van der Waals surface area contributed by atoms with Crippen LogP contribution < -0.4 is 5.56 Å². The van der Waals surface area contributed by atoms with Crippen molar-refractivity contribution in [3.8, 4) is 5.69 Å². The summed E-state index contributed by atoms with van der Waals surface area (Å²) in [4.78, 5) is 23.6. The zero-order valence-corrected chi connectivity index (χ0v) is 13.4. The number of hydrogen-bond donors (Lipinski definition) is 1. The fourth-order valence-corrected chi connectivity index (χ4v) is 3.25. The minimum Gasteiger partial charge on any atom is -0.478 e. The van der Waals surface area contributed by atoms with Crippen molar-refractivity contribution in [3.63, 3.8) is 0 Å². The molecule has 1 heterocycles. The lowest BCUT2D eigenvalue weighted by Gasteiger charge is -2.16. The van der Waals surface area contributed by atoms with Gasteiger partial charge in [0.1, 0.15) is 5.82 Å². The van der Waals surface area contributed by atoms with Gasteiger partial charge in [-0.3, -0.25) is 9.36 Å². The highest BCUT2D eigenvalue weighted by atomic mass is 79.9. The van der Waals surface area contributed by atoms with Crippen molar-refractivity contribution < 1.29 is 14.3 Å². The highest BCUT2D eigenvalue weighted by Gasteiger charge is 2.20. The lowest BCUT2D eigenvalue weighted by Crippen LogP contribution is -2.24. The number of benzene rings is 1. The van der Waals surface area contributed by atoms with Crippen LogP contribution in [0.25, 0.3) is 5.69 Å². The van der Waals surface area contributed by atoms with Crippen molar-refractivity contribution in [3.05, 3.63) is 60.7 Å². The van der Waals surface area contributed by atoms with Crippen LogP contribution in [0, 0.1) is 19.7 Å². The van der Waals surface area contributed by atoms with Gasteiger partial charge in [-0.25, -0.2) is 9.18 Å². The molecule has 0 radical (unpaired) electrons. The van der Waals surface area contributed by atoms with Crippen LogP contribution in [0.15, 0.2) is 27.5 Å². The zero-order chi connectivity index (χ0) is 15.9. The quantitative estimate of drug-likeness (QED) is 0.872. The molecular weight excluding hydrogens is 365 g/mol. The molecule has 0 amide bonds. The molecule has 1 aromatic heterocycles. The van der Waals surface area contributed by atoms with E-state index in [1.165, 1.54) is 13.0 Å². The monoisotopic (exact) mass is 373 g/mol. The molecule has 0 aliphatic heterocycles. The number of aromatic nitrogens is 1. The van der Waals surface area contributed by atoms with Crippen LogP contribution in [0.3, 0.4) is 0 Å². The molecule has 21 heavy (non-hydrogen) atoms. The van der Waals surface area contributed by atoms with Gasteiger partial charge in [0.25, 0.3) is 5.56 Å². The number of aromatic carboxylic acids is 1. The first kappa shape index (κ1) is 15.7. The van der Waals surface area contributed by atoms with Crippen LogP contribution in [-0.4, -0.2) is 15.6 Å². The standard InChI is InChI=1S/C14H10BrClFNO3/c1-6-3-11(19)18(7(2)12(6)14(20)21)13-9(15)4-8(17)5-10(13)16/h3-5H,1-2H3,(H,20,21). The molecular formula is C14H10BrClFNO3. The lowest BCUT2D eigenvalue weighted by molar-refractivity contribution is 0.0694. The van der Waals surface area contributed by atoms with Gasteiger partial charge in [-0.15, -0.1) is 0 Å². The van der Waals surface area contributed by atoms with E-state index in [2.05, 4.69) is 15.9 Å². The van der Waals surface area contributed by atoms with Crippen LogP contribution in [0.4, 0.5) is 4.39 Å². The Morgan fingerprint density at radius 3 is 2.48 bits per heavy atom. The first-order chi connectivity index (χ1) is 9.73. The van der Waals surface area contributed by atoms with Gasteiger partial charge in [0.05, 0.1) is 16.3 Å². The van der Waals surface area contributed by atoms with Crippen molar-refractivity contribution in [2.45, 2.75) is 13.8 Å². The average molecular weight is 375 g/mol. The normalized spacial score (nSPS) is 10.7. The summed E-state index contributed by atoms with van der Waals surface area (Å²) < 4.78 is 14.7. The van der Waals surface area contributed by atoms with E-state index in [-0.39, 0.29) is 26.4 Å². The maximum atomic E-state index is 13.3. The Bertz CT molecular complexity index is 794. The van der Waals surface area contributed by atoms with Crippen molar-refractivity contribution in [2.24, 2.45) is 0 Å². The predicted octanol–water partition coefficient (Wildman–Crippen LogP) is 3.71. The number of hydrogen-bond acceptors (Lipinski definition) is 2. The Morgan fingerprint density at radius 2 is 1.95 bits per heavy atom. The van der Waals surface area contributed by atoms with Gasteiger partial charge in [-0.2, -0.15) is 0 Å². The minimum atomic E-state index is -1.15. The molecule has 0 atom stereocenters. The fraction of sp³-hybridized carbons (Fsp3) is 0.143. The maximum absolute atomic E-state index is 13.3. The second kappa shape index (κ2) is 5.61. The third-order valence-electron chi connectivity index (χ3n) is 3.07. The van der Waals surface area contributed by atoms with Gasteiger partial charge in [0.15, 0.2) is 0 Å². The minimum absolute atomic E-state index is 0.00673. The van der Waals surface area contributed by atoms with Gasteiger partial charge in [-0.1, -0.05) is 11.6 Å². The molecule has 0 aliphatic rings. The molecule has 1 N–H and O–H groups in total. The number of rotatable bonds is 2. The van der Waals surface area contributed by atoms with Gasteiger partial charge < -0.3 is 5.11 Å². The van der Waals surface area contributed by atoms with Crippen molar-refractivity contribution in [1.29, 1.82) is 0 Å². The van der Waals surface area contributed by atoms with Crippen molar-refractivity contribution >= 4 is 33.5 Å². The van der Waals surface area contributed by atoms with Crippen LogP contribution in [0.2, 0.25) is 5.02 Å². The third kappa shape index (κ3) is 2.73. The number of pyridine rings is 1. The highest BCUT2D eigenvalue weighted by Crippen LogP contribution is 2.30. The fourth-order valence-electron chi connectivity index (χ4n) is 2.23. The van der Waals surface area contributed by atoms with E-state index in [0.717, 1.165) is 16.7 Å². The van der Waals surface area contributed by atoms with Gasteiger partial charge in [0, 0.05) is 16.2 Å². The summed E-state index contributed by atoms with van der Waals surface area (Å²) in [7, 11) is 0. The number of aryl methyl sites for hydroxylation is 1. The zero-order valence-electron chi connectivity index (χ0n) is 11.1. The summed E-state index contributed by atoms with van der Waals surface area (Å²) >= 11 is 9.16. The largest absolute Gasteiger partial charge is 0.478 e. The summed E-state index contributed by atoms with van der Waals surface area (Å²) in [5.41, 5.74) is 0.367. The molecule has 110 valence electrons. The first-order valence-corrected chi connectivity index (χ1v) is 7.02. The van der Waals surface area contributed by atoms with Crippen LogP contribution >= 0.6 is 27.5 Å². The molecule has 1 aromatic carbocycles. The maximum Gasteiger partial charge on any atom is 0.337 e. The Morgan fingerprint density at radius 1 is 1.33 bits per heavy atom. The Kier molecular flexibility index (Phi) is 4.20. The number of carboxylic acid groups (broad SMARTS) is 1. The lowest BCUT2D eigenvalue weighted by atomic mass is 10.1. The second-order valence-corrected chi connectivity index (χ2v) is 5.75. The molecule has 7 heteroatoms. The van der Waals surface area contributed by atoms with E-state index in [1.807, 2.05) is 0 Å². The molecule has 0 aliphatic carbocycles. The van der Waals surface area contributed by atoms with Crippen molar-refractivity contribution in [2.75, 3.05) is 0 Å². The number of nitrogens with zero attached hydrogens (tertiary/aromatic N) is 1. The van der Waals surface area contributed by atoms with E-state index in [0.29, 0.717) is 5.56 Å². The Hall–Kier alpha value is -1.66. The van der Waals surface area contributed by atoms with Crippen LogP contribution in [-0.2, 0) is 0 Å². The third-order valence-corrected chi connectivity index (χ3v) is 3.96. The van der Waals surface area contributed by atoms with Gasteiger partial charge in [-0.05, 0) is 47.5 Å². The van der Waals surface area contributed by atoms with Crippen LogP contribution in [0.1, 0.15) is 21.6 Å². The molecule has 0 saturated carbocycles. The SMILES string of the molecule is Cc1cc(=O)n(-c2c(Cl)cc(F)cc2Br)c(C)c1C(=O)O. The van der Waals surface area contributed by atoms with Gasteiger partial charge in [0.2, 0.25) is 0 Å². The smallest absolute Gasteiger partial charge is 0.337 e. The molecule has 0 spiro atoms. The first-order valence-electron chi connectivity index (χ1n) is 5.85. The molecule has 0 fully saturated rings. The van der Waals surface area contributed by atoms with E-state index in [9.17, 15) is 19.1 Å². The number of carbonyl (C=O) groups is 1. The van der Waals surface area contributed by atoms with Crippen LogP contribution in [0.5, 0.6) is 0 Å². The van der Waals surface area contributed by atoms with Crippen molar-refractivity contribution in [1.82, 2.24) is 4.57 Å². The molecule has 4 nitrogen and oxygen atoms in total. The summed E-state index contributed by atoms with van der Waals surface area (Å²) in [5, 5.41) is 9.28. The van der Waals surface area contributed by atoms with E-state index >= 15 is 0 Å². The van der Waals surface area contributed by atoms with E-state index in [4.69, 9.17) is 11.6 Å². The molecule has 2 rings (SSSR count). The number of carboxylic acids is 1. The molecule has 0 bridgehead atoms. The topological polar surface area (TPSA) is 59.3 Å². The predicted molar refractivity (Wildman–Crippen MR) is 81.1 cm³/mol. The summed E-state index contributed by atoms with van der Waals surface area (Å²) in [5.74, 6) is -1.71. The Labute approximate surface area is 132 Å². The number of halogens is 3. The average Bonchev–Trinajstić information content (AvgIpc) is 2.30. The highest BCUT2D eigenvalue weighted by molar-refractivity contribution is 9.10. The summed E-state index contributed by atoms with van der Waals surface area (Å²) in [6.45, 7) is 3.05.